The van der Waals surface area contributed by atoms with Crippen molar-refractivity contribution in [3.05, 3.63) is 166 Å². The number of piperidine rings is 1. The molecule has 1 aliphatic rings. The third-order valence-corrected chi connectivity index (χ3v) is 11.8. The molecule has 7 N–H and O–H groups in total. The molecule has 0 aliphatic carbocycles. The number of phenols is 1. The van der Waals surface area contributed by atoms with Crippen LogP contribution in [0.25, 0.3) is 22.0 Å². The average Bonchev–Trinajstić information content (AvgIpc) is 3.31. The molecule has 1 fully saturated rings. The van der Waals surface area contributed by atoms with Gasteiger partial charge in [0.25, 0.3) is 0 Å². The molecule has 65 heavy (non-hydrogen) atoms. The number of carbonyl (C=O) groups is 3. The molecule has 0 spiro atoms. The number of aliphatic hydroxyl groups excluding tert-OH is 1. The lowest BCUT2D eigenvalue weighted by molar-refractivity contribution is -0.122. The molecule has 0 bridgehead atoms. The number of rotatable bonds is 19. The second-order valence-corrected chi connectivity index (χ2v) is 16.7. The summed E-state index contributed by atoms with van der Waals surface area (Å²) in [5.41, 5.74) is 7.35. The number of anilines is 1. The summed E-state index contributed by atoms with van der Waals surface area (Å²) in [5, 5.41) is 34.1. The Kier molecular flexibility index (Phi) is 16.1. The minimum Gasteiger partial charge on any atom is -0.506 e. The number of amides is 3. The quantitative estimate of drug-likeness (QED) is 0.0461. The van der Waals surface area contributed by atoms with E-state index in [0.717, 1.165) is 52.9 Å². The number of benzene rings is 5. The first-order valence-electron chi connectivity index (χ1n) is 22.4. The summed E-state index contributed by atoms with van der Waals surface area (Å²) in [6.45, 7) is 5.38. The molecular weight excluding hydrogens is 821 g/mol. The van der Waals surface area contributed by atoms with Gasteiger partial charge in [0.1, 0.15) is 11.9 Å². The topological polar surface area (TPSA) is 185 Å². The van der Waals surface area contributed by atoms with Crippen molar-refractivity contribution >= 4 is 34.5 Å². The lowest BCUT2D eigenvalue weighted by Crippen LogP contribution is -2.40. The molecule has 2 atom stereocenters. The van der Waals surface area contributed by atoms with Crippen molar-refractivity contribution in [2.75, 3.05) is 38.0 Å². The fourth-order valence-electron chi connectivity index (χ4n) is 8.23. The minimum absolute atomic E-state index is 0.0307. The zero-order valence-corrected chi connectivity index (χ0v) is 36.7. The molecule has 1 saturated heterocycles. The fraction of sp³-hybridized carbons (Fsp3) is 0.308. The van der Waals surface area contributed by atoms with E-state index in [0.29, 0.717) is 74.0 Å². The van der Waals surface area contributed by atoms with Crippen LogP contribution in [0.5, 0.6) is 5.75 Å². The van der Waals surface area contributed by atoms with Gasteiger partial charge in [0, 0.05) is 68.7 Å². The van der Waals surface area contributed by atoms with Gasteiger partial charge in [-0.05, 0) is 84.2 Å². The molecule has 6 aromatic rings. The Balaban J connectivity index is 0.747. The molecule has 2 heterocycles. The Hall–Kier alpha value is -6.80. The number of para-hydroxylation sites is 1. The Morgan fingerprint density at radius 2 is 1.54 bits per heavy atom. The molecule has 13 nitrogen and oxygen atoms in total. The maximum Gasteiger partial charge on any atom is 0.411 e. The second kappa shape index (κ2) is 22.7. The predicted molar refractivity (Wildman–Crippen MR) is 254 cm³/mol. The maximum atomic E-state index is 12.8. The van der Waals surface area contributed by atoms with Crippen LogP contribution in [-0.2, 0) is 40.1 Å². The van der Waals surface area contributed by atoms with E-state index in [4.69, 9.17) is 4.74 Å². The van der Waals surface area contributed by atoms with Crippen LogP contribution >= 0.6 is 0 Å². The van der Waals surface area contributed by atoms with Crippen LogP contribution in [0.4, 0.5) is 10.5 Å². The number of likely N-dealkylation sites (tertiary alicyclic amines) is 1. The molecular formula is C52H58N6O7. The van der Waals surface area contributed by atoms with Crippen LogP contribution in [-0.4, -0.2) is 82.9 Å². The summed E-state index contributed by atoms with van der Waals surface area (Å²) < 4.78 is 5.76. The molecule has 1 aromatic heterocycles. The Morgan fingerprint density at radius 1 is 0.800 bits per heavy atom. The number of aromatic hydroxyl groups is 1. The highest BCUT2D eigenvalue weighted by Crippen LogP contribution is 2.30. The van der Waals surface area contributed by atoms with Crippen molar-refractivity contribution in [1.29, 1.82) is 0 Å². The van der Waals surface area contributed by atoms with Crippen molar-refractivity contribution in [3.63, 3.8) is 0 Å². The number of ether oxygens (including phenoxy) is 1. The van der Waals surface area contributed by atoms with E-state index in [9.17, 15) is 29.4 Å². The zero-order chi connectivity index (χ0) is 45.5. The van der Waals surface area contributed by atoms with E-state index in [1.807, 2.05) is 91.0 Å². The lowest BCUT2D eigenvalue weighted by Gasteiger charge is -2.31. The third kappa shape index (κ3) is 13.6. The van der Waals surface area contributed by atoms with Crippen molar-refractivity contribution in [2.45, 2.75) is 70.2 Å². The molecule has 0 saturated carbocycles. The Bertz CT molecular complexity index is 2590. The number of pyridine rings is 1. The molecule has 3 amide bonds. The zero-order valence-electron chi connectivity index (χ0n) is 36.7. The minimum atomic E-state index is -0.841. The number of aromatic nitrogens is 1. The van der Waals surface area contributed by atoms with Gasteiger partial charge in [-0.2, -0.15) is 0 Å². The van der Waals surface area contributed by atoms with Crippen molar-refractivity contribution in [1.82, 2.24) is 25.8 Å². The van der Waals surface area contributed by atoms with Gasteiger partial charge in [0.05, 0.1) is 23.7 Å². The number of carbonyl (C=O) groups excluding carboxylic acids is 3. The average molecular weight is 879 g/mol. The van der Waals surface area contributed by atoms with Gasteiger partial charge in [0.2, 0.25) is 17.4 Å². The number of hydrogen-bond acceptors (Lipinski definition) is 9. The first-order valence-corrected chi connectivity index (χ1v) is 22.4. The van der Waals surface area contributed by atoms with Crippen LogP contribution in [0.3, 0.4) is 0 Å². The number of hydrogen-bond donors (Lipinski definition) is 7. The monoisotopic (exact) mass is 878 g/mol. The highest BCUT2D eigenvalue weighted by molar-refractivity contribution is 5.91. The summed E-state index contributed by atoms with van der Waals surface area (Å²) in [6, 6.07) is 39.7. The van der Waals surface area contributed by atoms with Crippen LogP contribution in [0.2, 0.25) is 0 Å². The van der Waals surface area contributed by atoms with Crippen LogP contribution in [0.15, 0.2) is 132 Å². The number of fused-ring (bicyclic) bond motifs is 1. The van der Waals surface area contributed by atoms with Gasteiger partial charge in [-0.15, -0.1) is 0 Å². The SMILES string of the molecule is CC(Cc1cccc(CCNC(=O)Cc2ccc(CNC(=O)CCN3CCC(OC(=O)Nc4ccccc4-c4ccccc4)CC3)cc2)c1)NCC(O)c1ccc(O)c2[nH]c(=O)ccc12. The van der Waals surface area contributed by atoms with E-state index in [2.05, 4.69) is 50.2 Å². The molecule has 5 aromatic carbocycles. The molecule has 0 radical (unpaired) electrons. The fourth-order valence-corrected chi connectivity index (χ4v) is 8.23. The van der Waals surface area contributed by atoms with Gasteiger partial charge in [-0.3, -0.25) is 19.7 Å². The molecule has 1 aliphatic heterocycles. The summed E-state index contributed by atoms with van der Waals surface area (Å²) in [7, 11) is 0. The van der Waals surface area contributed by atoms with E-state index < -0.39 is 12.2 Å². The maximum absolute atomic E-state index is 12.8. The Labute approximate surface area is 379 Å². The highest BCUT2D eigenvalue weighted by Gasteiger charge is 2.23. The number of nitrogens with one attached hydrogen (secondary N) is 5. The second-order valence-electron chi connectivity index (χ2n) is 16.7. The van der Waals surface area contributed by atoms with Crippen LogP contribution in [0.1, 0.15) is 60.1 Å². The first kappa shape index (κ1) is 46.2. The van der Waals surface area contributed by atoms with E-state index in [1.165, 1.54) is 12.1 Å². The van der Waals surface area contributed by atoms with Gasteiger partial charge in [0.15, 0.2) is 0 Å². The highest BCUT2D eigenvalue weighted by atomic mass is 16.6. The van der Waals surface area contributed by atoms with E-state index >= 15 is 0 Å². The molecule has 338 valence electrons. The van der Waals surface area contributed by atoms with Crippen LogP contribution < -0.4 is 26.8 Å². The van der Waals surface area contributed by atoms with Crippen molar-refractivity contribution in [3.8, 4) is 16.9 Å². The summed E-state index contributed by atoms with van der Waals surface area (Å²) >= 11 is 0. The Morgan fingerprint density at radius 3 is 2.34 bits per heavy atom. The van der Waals surface area contributed by atoms with E-state index in [-0.39, 0.29) is 41.7 Å². The van der Waals surface area contributed by atoms with Gasteiger partial charge in [-0.1, -0.05) is 103 Å². The lowest BCUT2D eigenvalue weighted by atomic mass is 10.0. The molecule has 13 heteroatoms. The van der Waals surface area contributed by atoms with Crippen molar-refractivity contribution < 1.29 is 29.3 Å². The van der Waals surface area contributed by atoms with Gasteiger partial charge in [-0.25, -0.2) is 4.79 Å². The largest absolute Gasteiger partial charge is 0.506 e. The molecule has 7 rings (SSSR count). The summed E-state index contributed by atoms with van der Waals surface area (Å²) in [5.74, 6) is -0.136. The summed E-state index contributed by atoms with van der Waals surface area (Å²) in [6.07, 6.45) is 1.98. The number of aromatic amines is 1. The third-order valence-electron chi connectivity index (χ3n) is 11.8. The number of H-pyrrole nitrogens is 1. The number of aliphatic hydroxyl groups is 1. The van der Waals surface area contributed by atoms with E-state index in [1.54, 1.807) is 12.1 Å². The first-order chi connectivity index (χ1) is 31.6. The number of phenolic OH excluding ortho intramolecular Hbond substituents is 1. The van der Waals surface area contributed by atoms with Crippen molar-refractivity contribution in [2.24, 2.45) is 0 Å². The van der Waals surface area contributed by atoms with Crippen LogP contribution in [0, 0.1) is 0 Å². The normalized spacial score (nSPS) is 14.1. The molecule has 2 unspecified atom stereocenters. The summed E-state index contributed by atoms with van der Waals surface area (Å²) in [4.78, 5) is 54.9. The van der Waals surface area contributed by atoms with Gasteiger partial charge >= 0.3 is 6.09 Å². The smallest absolute Gasteiger partial charge is 0.411 e. The van der Waals surface area contributed by atoms with Gasteiger partial charge < -0.3 is 40.8 Å². The number of nitrogens with zero attached hydrogens (tertiary/aromatic N) is 1. The predicted octanol–water partition coefficient (Wildman–Crippen LogP) is 6.78. The standard InChI is InChI=1S/C52H58N6O7/c1-35(54-34-47(60)43-18-20-46(59)51-44(43)19-21-49(62)57-51)30-39-9-7-8-36(31-39)22-26-53-50(63)32-37-14-16-38(17-15-37)33-55-48(61)25-29-58-27-23-41(24-28-58)65-52(64)56-45-13-6-5-12-42(45)40-10-3-2-4-11-40/h2-21,31,35,41,47,54,59-60H,22-30,32-34H2,1H3,(H,53,63)(H,55,61)(H,56,64)(H,57,62).